The fourth-order valence-corrected chi connectivity index (χ4v) is 2.09. The topological polar surface area (TPSA) is 35.6 Å². The monoisotopic (exact) mass is 298 g/mol. The molecule has 4 nitrogen and oxygen atoms in total. The van der Waals surface area contributed by atoms with Crippen LogP contribution >= 0.6 is 15.9 Å². The van der Waals surface area contributed by atoms with Gasteiger partial charge in [0.15, 0.2) is 0 Å². The van der Waals surface area contributed by atoms with Crippen molar-refractivity contribution in [2.45, 2.75) is 26.8 Å². The van der Waals surface area contributed by atoms with E-state index < -0.39 is 0 Å². The molecule has 0 saturated heterocycles. The molecule has 0 radical (unpaired) electrons. The SMILES string of the molecule is [C-]#[N+]c1cc(Br)n(CC(C)(C)CC(=O)OC)c1. The van der Waals surface area contributed by atoms with Crippen LogP contribution < -0.4 is 0 Å². The Balaban J connectivity index is 2.79. The minimum Gasteiger partial charge on any atom is -0.469 e. The van der Waals surface area contributed by atoms with Gasteiger partial charge >= 0.3 is 5.97 Å². The van der Waals surface area contributed by atoms with E-state index in [1.54, 1.807) is 12.3 Å². The zero-order valence-corrected chi connectivity index (χ0v) is 11.7. The van der Waals surface area contributed by atoms with Gasteiger partial charge in [-0.25, -0.2) is 4.85 Å². The fraction of sp³-hybridized carbons (Fsp3) is 0.500. The van der Waals surface area contributed by atoms with E-state index in [-0.39, 0.29) is 11.4 Å². The normalized spacial score (nSPS) is 11.0. The lowest BCUT2D eigenvalue weighted by atomic mass is 9.89. The van der Waals surface area contributed by atoms with Crippen LogP contribution in [-0.2, 0) is 16.1 Å². The van der Waals surface area contributed by atoms with Gasteiger partial charge in [0, 0.05) is 12.7 Å². The van der Waals surface area contributed by atoms with E-state index in [1.807, 2.05) is 18.4 Å². The zero-order valence-electron chi connectivity index (χ0n) is 10.2. The predicted molar refractivity (Wildman–Crippen MR) is 68.8 cm³/mol. The second kappa shape index (κ2) is 5.37. The molecule has 5 heteroatoms. The lowest BCUT2D eigenvalue weighted by molar-refractivity contribution is -0.143. The molecule has 0 bridgehead atoms. The molecule has 1 aromatic rings. The minimum atomic E-state index is -0.219. The molecular formula is C12H15BrN2O2. The molecule has 1 rings (SSSR count). The lowest BCUT2D eigenvalue weighted by Gasteiger charge is -2.24. The molecule has 1 heterocycles. The maximum absolute atomic E-state index is 11.3. The van der Waals surface area contributed by atoms with E-state index in [9.17, 15) is 4.79 Å². The van der Waals surface area contributed by atoms with Crippen molar-refractivity contribution in [1.29, 1.82) is 0 Å². The van der Waals surface area contributed by atoms with Crippen LogP contribution in [0.3, 0.4) is 0 Å². The van der Waals surface area contributed by atoms with Gasteiger partial charge in [-0.05, 0) is 27.4 Å². The molecule has 0 atom stereocenters. The number of hydrogen-bond donors (Lipinski definition) is 0. The van der Waals surface area contributed by atoms with Gasteiger partial charge in [0.1, 0.15) is 0 Å². The molecule has 0 fully saturated rings. The number of halogens is 1. The summed E-state index contributed by atoms with van der Waals surface area (Å²) in [5, 5.41) is 0. The van der Waals surface area contributed by atoms with Crippen molar-refractivity contribution < 1.29 is 9.53 Å². The highest BCUT2D eigenvalue weighted by atomic mass is 79.9. The molecule has 1 aromatic heterocycles. The van der Waals surface area contributed by atoms with Crippen molar-refractivity contribution in [2.24, 2.45) is 5.41 Å². The third-order valence-electron chi connectivity index (χ3n) is 2.41. The van der Waals surface area contributed by atoms with Crippen LogP contribution in [0.2, 0.25) is 0 Å². The van der Waals surface area contributed by atoms with Crippen molar-refractivity contribution in [1.82, 2.24) is 4.57 Å². The summed E-state index contributed by atoms with van der Waals surface area (Å²) in [6.45, 7) is 11.6. The Labute approximate surface area is 110 Å². The van der Waals surface area contributed by atoms with Crippen molar-refractivity contribution in [3.8, 4) is 0 Å². The first-order valence-corrected chi connectivity index (χ1v) is 5.97. The summed E-state index contributed by atoms with van der Waals surface area (Å²) in [6, 6.07) is 1.77. The van der Waals surface area contributed by atoms with Gasteiger partial charge in [-0.1, -0.05) is 13.8 Å². The maximum Gasteiger partial charge on any atom is 0.306 e. The van der Waals surface area contributed by atoms with Gasteiger partial charge in [-0.3, -0.25) is 4.79 Å². The molecular weight excluding hydrogens is 284 g/mol. The van der Waals surface area contributed by atoms with Crippen LogP contribution in [0.15, 0.2) is 16.9 Å². The first kappa shape index (κ1) is 13.8. The van der Waals surface area contributed by atoms with Crippen molar-refractivity contribution in [2.75, 3.05) is 7.11 Å². The highest BCUT2D eigenvalue weighted by Gasteiger charge is 2.24. The van der Waals surface area contributed by atoms with Crippen molar-refractivity contribution in [3.63, 3.8) is 0 Å². The number of ether oxygens (including phenoxy) is 1. The Kier molecular flexibility index (Phi) is 4.35. The summed E-state index contributed by atoms with van der Waals surface area (Å²) < 4.78 is 7.45. The number of methoxy groups -OCH3 is 1. The van der Waals surface area contributed by atoms with Gasteiger partial charge < -0.3 is 9.30 Å². The molecule has 0 N–H and O–H groups in total. The number of hydrogen-bond acceptors (Lipinski definition) is 2. The average Bonchev–Trinajstić information content (AvgIpc) is 2.58. The van der Waals surface area contributed by atoms with Crippen LogP contribution in [0.5, 0.6) is 0 Å². The summed E-state index contributed by atoms with van der Waals surface area (Å²) in [6.07, 6.45) is 2.12. The van der Waals surface area contributed by atoms with Crippen molar-refractivity contribution in [3.05, 3.63) is 28.3 Å². The standard InChI is InChI=1S/C12H15BrN2O2/c1-12(2,6-11(16)17-4)8-15-7-9(14-3)5-10(15)13/h5,7H,6,8H2,1-2,4H3. The maximum atomic E-state index is 11.3. The van der Waals surface area contributed by atoms with E-state index in [1.165, 1.54) is 7.11 Å². The van der Waals surface area contributed by atoms with Gasteiger partial charge in [0.25, 0.3) is 0 Å². The summed E-state index contributed by atoms with van der Waals surface area (Å²) in [7, 11) is 1.39. The van der Waals surface area contributed by atoms with Crippen LogP contribution in [0, 0.1) is 12.0 Å². The predicted octanol–water partition coefficient (Wildman–Crippen LogP) is 3.39. The van der Waals surface area contributed by atoms with Gasteiger partial charge in [-0.15, -0.1) is 0 Å². The number of nitrogens with zero attached hydrogens (tertiary/aromatic N) is 2. The quantitative estimate of drug-likeness (QED) is 0.631. The number of aromatic nitrogens is 1. The van der Waals surface area contributed by atoms with E-state index in [0.717, 1.165) is 4.60 Å². The molecule has 17 heavy (non-hydrogen) atoms. The Morgan fingerprint density at radius 1 is 1.65 bits per heavy atom. The van der Waals surface area contributed by atoms with Gasteiger partial charge in [0.05, 0.1) is 24.7 Å². The summed E-state index contributed by atoms with van der Waals surface area (Å²) in [5.74, 6) is -0.219. The number of carbonyl (C=O) groups excluding carboxylic acids is 1. The molecule has 0 amide bonds. The summed E-state index contributed by atoms with van der Waals surface area (Å²) in [5.41, 5.74) is 0.374. The van der Waals surface area contributed by atoms with Crippen LogP contribution in [0.1, 0.15) is 20.3 Å². The van der Waals surface area contributed by atoms with Crippen LogP contribution in [-0.4, -0.2) is 17.6 Å². The molecule has 0 saturated carbocycles. The Morgan fingerprint density at radius 2 is 2.29 bits per heavy atom. The van der Waals surface area contributed by atoms with Crippen LogP contribution in [0.4, 0.5) is 5.69 Å². The number of carbonyl (C=O) groups is 1. The Morgan fingerprint density at radius 3 is 2.76 bits per heavy atom. The smallest absolute Gasteiger partial charge is 0.306 e. The zero-order chi connectivity index (χ0) is 13.1. The summed E-state index contributed by atoms with van der Waals surface area (Å²) in [4.78, 5) is 14.6. The highest BCUT2D eigenvalue weighted by Crippen LogP contribution is 2.29. The number of rotatable bonds is 4. The fourth-order valence-electron chi connectivity index (χ4n) is 1.63. The first-order valence-electron chi connectivity index (χ1n) is 5.18. The lowest BCUT2D eigenvalue weighted by Crippen LogP contribution is -2.23. The summed E-state index contributed by atoms with van der Waals surface area (Å²) >= 11 is 3.40. The van der Waals surface area contributed by atoms with E-state index >= 15 is 0 Å². The third kappa shape index (κ3) is 3.90. The molecule has 0 aliphatic heterocycles. The highest BCUT2D eigenvalue weighted by molar-refractivity contribution is 9.10. The molecule has 0 unspecified atom stereocenters. The molecule has 0 aliphatic rings. The van der Waals surface area contributed by atoms with Gasteiger partial charge in [-0.2, -0.15) is 0 Å². The average molecular weight is 299 g/mol. The van der Waals surface area contributed by atoms with Crippen molar-refractivity contribution >= 4 is 27.6 Å². The van der Waals surface area contributed by atoms with E-state index in [4.69, 9.17) is 6.57 Å². The first-order chi connectivity index (χ1) is 7.88. The van der Waals surface area contributed by atoms with Gasteiger partial charge in [0.2, 0.25) is 5.69 Å². The molecule has 92 valence electrons. The second-order valence-electron chi connectivity index (χ2n) is 4.68. The molecule has 0 aromatic carbocycles. The second-order valence-corrected chi connectivity index (χ2v) is 5.49. The van der Waals surface area contributed by atoms with Crippen LogP contribution in [0.25, 0.3) is 4.85 Å². The largest absolute Gasteiger partial charge is 0.469 e. The van der Waals surface area contributed by atoms with E-state index in [2.05, 4.69) is 25.5 Å². The Bertz CT molecular complexity index is 458. The van der Waals surface area contributed by atoms with E-state index in [0.29, 0.717) is 18.7 Å². The minimum absolute atomic E-state index is 0.214. The molecule has 0 aliphatic carbocycles. The number of esters is 1. The third-order valence-corrected chi connectivity index (χ3v) is 3.09. The molecule has 0 spiro atoms. The Hall–Kier alpha value is -1.28.